The van der Waals surface area contributed by atoms with E-state index in [0.717, 1.165) is 70.0 Å². The molecule has 2 aromatic rings. The number of carbonyl (C=O) groups excluding carboxylic acids is 1. The van der Waals surface area contributed by atoms with E-state index in [0.29, 0.717) is 12.6 Å². The molecular formula is C29H36F4N4O2. The minimum atomic E-state index is -4.85. The van der Waals surface area contributed by atoms with Gasteiger partial charge in [-0.1, -0.05) is 24.3 Å². The van der Waals surface area contributed by atoms with Gasteiger partial charge in [0.15, 0.2) is 0 Å². The summed E-state index contributed by atoms with van der Waals surface area (Å²) in [6.45, 7) is 5.26. The molecule has 2 amide bonds. The van der Waals surface area contributed by atoms with Crippen molar-refractivity contribution in [3.8, 4) is 0 Å². The van der Waals surface area contributed by atoms with Gasteiger partial charge in [0.1, 0.15) is 5.82 Å². The number of benzene rings is 2. The Hall–Kier alpha value is -2.69. The maximum absolute atomic E-state index is 13.8. The zero-order valence-electron chi connectivity index (χ0n) is 22.2. The number of piperazine rings is 1. The molecule has 10 heteroatoms. The molecule has 3 fully saturated rings. The van der Waals surface area contributed by atoms with E-state index in [1.165, 1.54) is 11.6 Å². The van der Waals surface area contributed by atoms with Crippen molar-refractivity contribution in [3.05, 3.63) is 65.0 Å². The average Bonchev–Trinajstić information content (AvgIpc) is 3.54. The van der Waals surface area contributed by atoms with Gasteiger partial charge < -0.3 is 25.1 Å². The number of alkyl halides is 3. The van der Waals surface area contributed by atoms with Gasteiger partial charge in [0, 0.05) is 49.9 Å². The zero-order valence-corrected chi connectivity index (χ0v) is 22.2. The topological polar surface area (TPSA) is 59.0 Å². The fourth-order valence-corrected chi connectivity index (χ4v) is 6.49. The van der Waals surface area contributed by atoms with Crippen molar-refractivity contribution in [1.29, 1.82) is 0 Å². The average molecular weight is 549 g/mol. The van der Waals surface area contributed by atoms with Gasteiger partial charge in [-0.3, -0.25) is 0 Å². The first kappa shape index (κ1) is 27.9. The summed E-state index contributed by atoms with van der Waals surface area (Å²) in [6, 6.07) is 10.1. The second-order valence-corrected chi connectivity index (χ2v) is 11.2. The molecule has 6 nitrogen and oxygen atoms in total. The Labute approximate surface area is 226 Å². The molecule has 212 valence electrons. The number of nitrogens with zero attached hydrogens (tertiary/aromatic N) is 3. The molecule has 2 aliphatic carbocycles. The molecule has 39 heavy (non-hydrogen) atoms. The van der Waals surface area contributed by atoms with E-state index in [9.17, 15) is 27.5 Å². The second kappa shape index (κ2) is 11.1. The fraction of sp³-hybridized carbons (Fsp3) is 0.552. The predicted molar refractivity (Wildman–Crippen MR) is 141 cm³/mol. The van der Waals surface area contributed by atoms with Crippen molar-refractivity contribution in [1.82, 2.24) is 14.7 Å². The van der Waals surface area contributed by atoms with Crippen molar-refractivity contribution in [2.75, 3.05) is 51.6 Å². The number of urea groups is 1. The molecule has 2 saturated carbocycles. The van der Waals surface area contributed by atoms with Crippen LogP contribution in [0, 0.1) is 11.7 Å². The highest BCUT2D eigenvalue weighted by Crippen LogP contribution is 2.65. The number of hydrogen-bond donors (Lipinski definition) is 2. The Bertz CT molecular complexity index is 1170. The normalized spacial score (nSPS) is 25.4. The van der Waals surface area contributed by atoms with E-state index in [2.05, 4.69) is 34.3 Å². The summed E-state index contributed by atoms with van der Waals surface area (Å²) < 4.78 is 53.6. The van der Waals surface area contributed by atoms with Crippen LogP contribution in [0.3, 0.4) is 0 Å². The molecule has 5 rings (SSSR count). The highest BCUT2D eigenvalue weighted by atomic mass is 19.4. The molecule has 0 bridgehead atoms. The largest absolute Gasteiger partial charge is 0.419 e. The van der Waals surface area contributed by atoms with E-state index in [1.807, 2.05) is 12.1 Å². The molecule has 0 unspecified atom stereocenters. The number of amides is 2. The van der Waals surface area contributed by atoms with Gasteiger partial charge >= 0.3 is 12.2 Å². The third kappa shape index (κ3) is 5.93. The van der Waals surface area contributed by atoms with Gasteiger partial charge in [-0.2, -0.15) is 13.2 Å². The lowest BCUT2D eigenvalue weighted by Crippen LogP contribution is -2.47. The van der Waals surface area contributed by atoms with Gasteiger partial charge in [-0.15, -0.1) is 0 Å². The predicted octanol–water partition coefficient (Wildman–Crippen LogP) is 4.93. The third-order valence-electron chi connectivity index (χ3n) is 8.85. The molecular weight excluding hydrogens is 512 g/mol. The number of nitrogens with one attached hydrogen (secondary N) is 1. The molecule has 0 spiro atoms. The number of rotatable bonds is 8. The van der Waals surface area contributed by atoms with Crippen molar-refractivity contribution < 1.29 is 27.5 Å². The van der Waals surface area contributed by atoms with Gasteiger partial charge in [-0.05, 0) is 74.5 Å². The van der Waals surface area contributed by atoms with Crippen molar-refractivity contribution in [2.45, 2.75) is 49.9 Å². The van der Waals surface area contributed by atoms with Crippen molar-refractivity contribution >= 4 is 11.7 Å². The summed E-state index contributed by atoms with van der Waals surface area (Å²) in [7, 11) is 2.10. The maximum Gasteiger partial charge on any atom is 0.419 e. The van der Waals surface area contributed by atoms with Crippen LogP contribution in [0.15, 0.2) is 42.5 Å². The summed E-state index contributed by atoms with van der Waals surface area (Å²) >= 11 is 0. The SMILES string of the molecule is CN1CCN(CCCN(C(=O)Nc2ccc(F)c(C(F)(F)F)c2)[C@@H]2CC[C@]3(c4ccc(CO)cc4)C[C@H]23)CC1. The summed E-state index contributed by atoms with van der Waals surface area (Å²) in [5.41, 5.74) is 0.587. The first-order chi connectivity index (χ1) is 18.6. The molecule has 2 N–H and O–H groups in total. The van der Waals surface area contributed by atoms with Crippen LogP contribution in [-0.2, 0) is 18.2 Å². The summed E-state index contributed by atoms with van der Waals surface area (Å²) in [5, 5.41) is 12.0. The van der Waals surface area contributed by atoms with E-state index < -0.39 is 23.6 Å². The lowest BCUT2D eigenvalue weighted by Gasteiger charge is -2.34. The van der Waals surface area contributed by atoms with Gasteiger partial charge in [0.05, 0.1) is 12.2 Å². The molecule has 0 aromatic heterocycles. The first-order valence-electron chi connectivity index (χ1n) is 13.7. The zero-order chi connectivity index (χ0) is 27.8. The first-order valence-corrected chi connectivity index (χ1v) is 13.7. The Morgan fingerprint density at radius 3 is 2.49 bits per heavy atom. The van der Waals surface area contributed by atoms with Crippen LogP contribution in [0.5, 0.6) is 0 Å². The van der Waals surface area contributed by atoms with E-state index in [1.54, 1.807) is 4.90 Å². The minimum Gasteiger partial charge on any atom is -0.392 e. The summed E-state index contributed by atoms with van der Waals surface area (Å²) in [6.07, 6.45) is -1.40. The van der Waals surface area contributed by atoms with E-state index in [-0.39, 0.29) is 29.7 Å². The third-order valence-corrected chi connectivity index (χ3v) is 8.85. The number of likely N-dealkylation sites (N-methyl/N-ethyl adjacent to an activating group) is 1. The second-order valence-electron chi connectivity index (χ2n) is 11.2. The van der Waals surface area contributed by atoms with Crippen molar-refractivity contribution in [3.63, 3.8) is 0 Å². The van der Waals surface area contributed by atoms with Crippen LogP contribution >= 0.6 is 0 Å². The molecule has 3 aliphatic rings. The molecule has 1 heterocycles. The lowest BCUT2D eigenvalue weighted by atomic mass is 9.93. The van der Waals surface area contributed by atoms with Crippen LogP contribution in [0.2, 0.25) is 0 Å². The highest BCUT2D eigenvalue weighted by molar-refractivity contribution is 5.89. The number of carbonyl (C=O) groups is 1. The molecule has 2 aromatic carbocycles. The standard InChI is InChI=1S/C29H36F4N4O2/c1-35-13-15-36(16-14-35)11-2-12-37(27(39)34-22-7-8-25(30)23(17-22)29(31,32)33)26-9-10-28(18-24(26)28)21-5-3-20(19-38)4-6-21/h3-8,17,24,26,38H,2,9-16,18-19H2,1H3,(H,34,39)/t24-,26-,28-/m1/s1. The van der Waals surface area contributed by atoms with Crippen LogP contribution in [0.25, 0.3) is 0 Å². The monoisotopic (exact) mass is 548 g/mol. The molecule has 1 saturated heterocycles. The van der Waals surface area contributed by atoms with Crippen LogP contribution < -0.4 is 5.32 Å². The van der Waals surface area contributed by atoms with Gasteiger partial charge in [0.2, 0.25) is 0 Å². The number of hydrogen-bond acceptors (Lipinski definition) is 4. The lowest BCUT2D eigenvalue weighted by molar-refractivity contribution is -0.139. The van der Waals surface area contributed by atoms with Crippen LogP contribution in [-0.4, -0.2) is 78.2 Å². The van der Waals surface area contributed by atoms with Crippen LogP contribution in [0.4, 0.5) is 28.0 Å². The minimum absolute atomic E-state index is 0.00599. The summed E-state index contributed by atoms with van der Waals surface area (Å²) in [5.74, 6) is -1.10. The summed E-state index contributed by atoms with van der Waals surface area (Å²) in [4.78, 5) is 20.0. The number of fused-ring (bicyclic) bond motifs is 1. The van der Waals surface area contributed by atoms with Crippen LogP contribution in [0.1, 0.15) is 42.4 Å². The quantitative estimate of drug-likeness (QED) is 0.460. The number of halogens is 4. The number of aliphatic hydroxyl groups is 1. The van der Waals surface area contributed by atoms with Crippen molar-refractivity contribution in [2.24, 2.45) is 5.92 Å². The Balaban J connectivity index is 1.31. The molecule has 3 atom stereocenters. The Kier molecular flexibility index (Phi) is 7.90. The maximum atomic E-state index is 13.8. The molecule has 1 aliphatic heterocycles. The van der Waals surface area contributed by atoms with Gasteiger partial charge in [-0.25, -0.2) is 9.18 Å². The number of anilines is 1. The molecule has 0 radical (unpaired) electrons. The fourth-order valence-electron chi connectivity index (χ4n) is 6.49. The Morgan fingerprint density at radius 2 is 1.85 bits per heavy atom. The highest BCUT2D eigenvalue weighted by Gasteiger charge is 2.63. The van der Waals surface area contributed by atoms with Gasteiger partial charge in [0.25, 0.3) is 0 Å². The smallest absolute Gasteiger partial charge is 0.392 e. The number of aliphatic hydroxyl groups excluding tert-OH is 1. The van der Waals surface area contributed by atoms with E-state index >= 15 is 0 Å². The Morgan fingerprint density at radius 1 is 1.13 bits per heavy atom. The van der Waals surface area contributed by atoms with E-state index in [4.69, 9.17) is 0 Å².